The van der Waals surface area contributed by atoms with Crippen LogP contribution in [0.4, 0.5) is 9.80 Å². The van der Waals surface area contributed by atoms with Gasteiger partial charge in [0.25, 0.3) is 11.8 Å². The molecule has 1 aromatic carbocycles. The van der Waals surface area contributed by atoms with Crippen LogP contribution in [0.25, 0.3) is 0 Å². The number of sulfonamides is 1. The van der Waals surface area contributed by atoms with Gasteiger partial charge < -0.3 is 15.0 Å². The average molecular weight is 592 g/mol. The summed E-state index contributed by atoms with van der Waals surface area (Å²) in [7, 11) is -3.66. The minimum absolute atomic E-state index is 0.118. The molecule has 216 valence electrons. The quantitative estimate of drug-likeness (QED) is 0.437. The van der Waals surface area contributed by atoms with Gasteiger partial charge in [-0.1, -0.05) is 12.8 Å². The molecule has 0 radical (unpaired) electrons. The predicted molar refractivity (Wildman–Crippen MR) is 148 cm³/mol. The van der Waals surface area contributed by atoms with Crippen LogP contribution in [0.1, 0.15) is 70.7 Å². The average Bonchev–Trinajstić information content (AvgIpc) is 3.08. The van der Waals surface area contributed by atoms with E-state index in [2.05, 4.69) is 16.2 Å². The zero-order chi connectivity index (χ0) is 28.9. The lowest BCUT2D eigenvalue weighted by Gasteiger charge is -2.26. The van der Waals surface area contributed by atoms with E-state index in [9.17, 15) is 27.6 Å². The lowest BCUT2D eigenvalue weighted by Crippen LogP contribution is -2.41. The van der Waals surface area contributed by atoms with Gasteiger partial charge in [0.05, 0.1) is 23.6 Å². The van der Waals surface area contributed by atoms with Crippen molar-refractivity contribution in [1.82, 2.24) is 20.1 Å². The second kappa shape index (κ2) is 12.8. The first-order valence-electron chi connectivity index (χ1n) is 13.2. The molecule has 2 aromatic rings. The minimum Gasteiger partial charge on any atom is -0.450 e. The molecule has 4 rings (SSSR count). The largest absolute Gasteiger partial charge is 0.450 e. The number of hydrogen-bond donors (Lipinski definition) is 3. The van der Waals surface area contributed by atoms with Crippen LogP contribution in [0, 0.1) is 0 Å². The molecule has 1 fully saturated rings. The van der Waals surface area contributed by atoms with E-state index >= 15 is 0 Å². The number of hydrogen-bond acceptors (Lipinski definition) is 8. The van der Waals surface area contributed by atoms with Gasteiger partial charge in [0.1, 0.15) is 5.00 Å². The molecular formula is C26H33N5O7S2. The third-order valence-corrected chi connectivity index (χ3v) is 9.75. The number of amides is 4. The number of carbonyl (C=O) groups is 4. The van der Waals surface area contributed by atoms with Crippen molar-refractivity contribution in [1.29, 1.82) is 0 Å². The molecule has 3 heterocycles. The van der Waals surface area contributed by atoms with Crippen molar-refractivity contribution in [3.8, 4) is 0 Å². The lowest BCUT2D eigenvalue weighted by molar-refractivity contribution is -0.119. The zero-order valence-corrected chi connectivity index (χ0v) is 24.1. The molecule has 40 heavy (non-hydrogen) atoms. The van der Waals surface area contributed by atoms with Crippen molar-refractivity contribution in [2.24, 2.45) is 0 Å². The van der Waals surface area contributed by atoms with Crippen molar-refractivity contribution < 1.29 is 32.3 Å². The van der Waals surface area contributed by atoms with E-state index < -0.39 is 33.8 Å². The maximum absolute atomic E-state index is 13.2. The Labute approximate surface area is 237 Å². The van der Waals surface area contributed by atoms with Crippen molar-refractivity contribution in [2.45, 2.75) is 57.4 Å². The van der Waals surface area contributed by atoms with Gasteiger partial charge >= 0.3 is 6.09 Å². The molecule has 14 heteroatoms. The van der Waals surface area contributed by atoms with E-state index in [4.69, 9.17) is 4.74 Å². The van der Waals surface area contributed by atoms with Crippen LogP contribution < -0.4 is 16.2 Å². The Hall–Kier alpha value is -3.49. The molecule has 0 atom stereocenters. The number of anilines is 1. The third-order valence-electron chi connectivity index (χ3n) is 6.71. The van der Waals surface area contributed by atoms with E-state index in [1.807, 2.05) is 0 Å². The van der Waals surface area contributed by atoms with Gasteiger partial charge in [-0.2, -0.15) is 4.31 Å². The minimum atomic E-state index is -3.66. The van der Waals surface area contributed by atoms with Gasteiger partial charge in [-0.3, -0.25) is 25.2 Å². The van der Waals surface area contributed by atoms with Crippen molar-refractivity contribution >= 4 is 50.2 Å². The van der Waals surface area contributed by atoms with Crippen LogP contribution >= 0.6 is 11.3 Å². The number of fused-ring (bicyclic) bond motifs is 1. The monoisotopic (exact) mass is 591 g/mol. The molecule has 0 spiro atoms. The van der Waals surface area contributed by atoms with Gasteiger partial charge in [-0.25, -0.2) is 13.2 Å². The predicted octanol–water partition coefficient (Wildman–Crippen LogP) is 2.86. The lowest BCUT2D eigenvalue weighted by atomic mass is 10.0. The fraction of sp³-hybridized carbons (Fsp3) is 0.462. The highest BCUT2D eigenvalue weighted by atomic mass is 32.2. The Balaban J connectivity index is 1.56. The Bertz CT molecular complexity index is 1380. The molecule has 2 aliphatic rings. The zero-order valence-electron chi connectivity index (χ0n) is 22.4. The normalized spacial score (nSPS) is 15.9. The van der Waals surface area contributed by atoms with Crippen molar-refractivity contribution in [2.75, 3.05) is 31.6 Å². The second-order valence-corrected chi connectivity index (χ2v) is 12.6. The first-order valence-corrected chi connectivity index (χ1v) is 15.4. The number of benzene rings is 1. The molecule has 1 aromatic heterocycles. The fourth-order valence-corrected chi connectivity index (χ4v) is 7.47. The van der Waals surface area contributed by atoms with E-state index in [1.54, 1.807) is 6.92 Å². The van der Waals surface area contributed by atoms with Crippen LogP contribution in [0.5, 0.6) is 0 Å². The Kier molecular flexibility index (Phi) is 9.43. The fourth-order valence-electron chi connectivity index (χ4n) is 4.69. The first-order chi connectivity index (χ1) is 19.1. The van der Waals surface area contributed by atoms with Gasteiger partial charge in [0.15, 0.2) is 0 Å². The van der Waals surface area contributed by atoms with Crippen molar-refractivity contribution in [3.05, 3.63) is 45.8 Å². The molecule has 2 aliphatic heterocycles. The maximum Gasteiger partial charge on any atom is 0.410 e. The van der Waals surface area contributed by atoms with Crippen LogP contribution in [0.3, 0.4) is 0 Å². The standard InChI is InChI=1S/C26H33N5O7S2/c1-3-38-26(35)30-15-12-20-21(16-30)39-25(22(20)24(34)29-28-17(2)32)27-23(33)18-8-10-19(11-9-18)40(36,37)31-13-6-4-5-7-14-31/h8-11H,3-7,12-16H2,1-2H3,(H,27,33)(H,28,32)(H,29,34). The summed E-state index contributed by atoms with van der Waals surface area (Å²) in [5, 5.41) is 3.02. The second-order valence-electron chi connectivity index (χ2n) is 9.51. The Morgan fingerprint density at radius 3 is 2.25 bits per heavy atom. The van der Waals surface area contributed by atoms with Gasteiger partial charge in [-0.15, -0.1) is 11.3 Å². The van der Waals surface area contributed by atoms with Gasteiger partial charge in [-0.05, 0) is 56.0 Å². The smallest absolute Gasteiger partial charge is 0.410 e. The number of nitrogens with zero attached hydrogens (tertiary/aromatic N) is 2. The highest BCUT2D eigenvalue weighted by Crippen LogP contribution is 2.37. The number of ether oxygens (including phenoxy) is 1. The summed E-state index contributed by atoms with van der Waals surface area (Å²) in [5.74, 6) is -1.61. The van der Waals surface area contributed by atoms with E-state index in [0.29, 0.717) is 36.5 Å². The molecule has 0 aliphatic carbocycles. The van der Waals surface area contributed by atoms with Gasteiger partial charge in [0.2, 0.25) is 15.9 Å². The maximum atomic E-state index is 13.2. The molecule has 0 saturated carbocycles. The van der Waals surface area contributed by atoms with E-state index in [1.165, 1.54) is 40.4 Å². The van der Waals surface area contributed by atoms with Gasteiger partial charge in [0, 0.05) is 37.0 Å². The number of carbonyl (C=O) groups excluding carboxylic acids is 4. The molecular weight excluding hydrogens is 558 g/mol. The Morgan fingerprint density at radius 1 is 0.950 bits per heavy atom. The van der Waals surface area contributed by atoms with Crippen LogP contribution in [0.2, 0.25) is 0 Å². The molecule has 0 unspecified atom stereocenters. The molecule has 12 nitrogen and oxygen atoms in total. The van der Waals surface area contributed by atoms with E-state index in [-0.39, 0.29) is 34.2 Å². The van der Waals surface area contributed by atoms with Crippen molar-refractivity contribution in [3.63, 3.8) is 0 Å². The van der Waals surface area contributed by atoms with Crippen LogP contribution in [0.15, 0.2) is 29.2 Å². The number of hydrazine groups is 1. The highest BCUT2D eigenvalue weighted by Gasteiger charge is 2.31. The molecule has 1 saturated heterocycles. The SMILES string of the molecule is CCOC(=O)N1CCc2c(sc(NC(=O)c3ccc(S(=O)(=O)N4CCCCCC4)cc3)c2C(=O)NNC(C)=O)C1. The molecule has 3 N–H and O–H groups in total. The molecule has 0 bridgehead atoms. The topological polar surface area (TPSA) is 154 Å². The highest BCUT2D eigenvalue weighted by molar-refractivity contribution is 7.89. The summed E-state index contributed by atoms with van der Waals surface area (Å²) >= 11 is 1.16. The summed E-state index contributed by atoms with van der Waals surface area (Å²) < 4.78 is 32.8. The first kappa shape index (κ1) is 29.5. The van der Waals surface area contributed by atoms with Crippen LogP contribution in [-0.4, -0.2) is 67.7 Å². The number of thiophene rings is 1. The van der Waals surface area contributed by atoms with E-state index in [0.717, 1.165) is 37.0 Å². The number of nitrogens with one attached hydrogen (secondary N) is 3. The summed E-state index contributed by atoms with van der Waals surface area (Å²) in [6.45, 7) is 4.68. The number of rotatable bonds is 6. The third kappa shape index (κ3) is 6.62. The summed E-state index contributed by atoms with van der Waals surface area (Å²) in [6.07, 6.45) is 3.53. The molecule has 4 amide bonds. The summed E-state index contributed by atoms with van der Waals surface area (Å²) in [4.78, 5) is 52.2. The summed E-state index contributed by atoms with van der Waals surface area (Å²) in [5.41, 5.74) is 5.68. The summed E-state index contributed by atoms with van der Waals surface area (Å²) in [6, 6.07) is 5.70. The Morgan fingerprint density at radius 2 is 1.62 bits per heavy atom. The van der Waals surface area contributed by atoms with Crippen LogP contribution in [-0.2, 0) is 32.5 Å².